The van der Waals surface area contributed by atoms with Crippen molar-refractivity contribution in [2.75, 3.05) is 5.73 Å². The Morgan fingerprint density at radius 3 is 2.71 bits per heavy atom. The maximum atomic E-state index is 6.21. The molecule has 0 spiro atoms. The van der Waals surface area contributed by atoms with E-state index in [0.717, 1.165) is 27.2 Å². The average molecular weight is 207 g/mol. The van der Waals surface area contributed by atoms with Gasteiger partial charge in [0.05, 0.1) is 16.2 Å². The molecule has 0 aliphatic carbocycles. The fourth-order valence-corrected chi connectivity index (χ4v) is 1.76. The highest BCUT2D eigenvalue weighted by atomic mass is 35.5. The van der Waals surface area contributed by atoms with Gasteiger partial charge in [0, 0.05) is 11.1 Å². The number of halogens is 1. The normalized spacial score (nSPS) is 10.8. The zero-order valence-corrected chi connectivity index (χ0v) is 8.89. The van der Waals surface area contributed by atoms with Crippen molar-refractivity contribution in [3.63, 3.8) is 0 Å². The van der Waals surface area contributed by atoms with Crippen LogP contribution in [0, 0.1) is 13.8 Å². The predicted molar refractivity (Wildman–Crippen MR) is 60.6 cm³/mol. The number of anilines is 1. The summed E-state index contributed by atoms with van der Waals surface area (Å²) in [4.78, 5) is 4.43. The van der Waals surface area contributed by atoms with E-state index in [1.165, 1.54) is 0 Å². The summed E-state index contributed by atoms with van der Waals surface area (Å²) in [5, 5.41) is 1.68. The summed E-state index contributed by atoms with van der Waals surface area (Å²) in [6.07, 6.45) is 0. The lowest BCUT2D eigenvalue weighted by Gasteiger charge is -2.08. The summed E-state index contributed by atoms with van der Waals surface area (Å²) >= 11 is 6.21. The summed E-state index contributed by atoms with van der Waals surface area (Å²) in [6, 6.07) is 5.66. The quantitative estimate of drug-likeness (QED) is 0.673. The van der Waals surface area contributed by atoms with Crippen molar-refractivity contribution in [3.05, 3.63) is 34.5 Å². The van der Waals surface area contributed by atoms with Crippen LogP contribution in [-0.4, -0.2) is 4.98 Å². The molecule has 2 aromatic rings. The van der Waals surface area contributed by atoms with Gasteiger partial charge in [0.25, 0.3) is 0 Å². The Balaban J connectivity index is 2.98. The Morgan fingerprint density at radius 2 is 2.00 bits per heavy atom. The number of rotatable bonds is 0. The van der Waals surface area contributed by atoms with Crippen LogP contribution in [0.25, 0.3) is 10.9 Å². The van der Waals surface area contributed by atoms with Gasteiger partial charge in [-0.05, 0) is 25.5 Å². The van der Waals surface area contributed by atoms with Crippen LogP contribution >= 0.6 is 11.6 Å². The van der Waals surface area contributed by atoms with E-state index in [-0.39, 0.29) is 0 Å². The molecule has 1 aromatic heterocycles. The summed E-state index contributed by atoms with van der Waals surface area (Å²) in [6.45, 7) is 3.90. The number of benzene rings is 1. The zero-order valence-electron chi connectivity index (χ0n) is 8.13. The van der Waals surface area contributed by atoms with E-state index in [9.17, 15) is 0 Å². The van der Waals surface area contributed by atoms with E-state index in [0.29, 0.717) is 5.69 Å². The summed E-state index contributed by atoms with van der Waals surface area (Å²) in [7, 11) is 0. The van der Waals surface area contributed by atoms with Gasteiger partial charge in [-0.25, -0.2) is 0 Å². The van der Waals surface area contributed by atoms with Crippen LogP contribution in [0.15, 0.2) is 18.2 Å². The molecule has 0 atom stereocenters. The van der Waals surface area contributed by atoms with Crippen LogP contribution < -0.4 is 5.73 Å². The van der Waals surface area contributed by atoms with E-state index in [2.05, 4.69) is 4.98 Å². The number of pyridine rings is 1. The van der Waals surface area contributed by atoms with Crippen molar-refractivity contribution in [1.29, 1.82) is 0 Å². The molecule has 3 heteroatoms. The second-order valence-electron chi connectivity index (χ2n) is 3.38. The van der Waals surface area contributed by atoms with Crippen molar-refractivity contribution in [3.8, 4) is 0 Å². The molecule has 2 N–H and O–H groups in total. The van der Waals surface area contributed by atoms with E-state index < -0.39 is 0 Å². The summed E-state index contributed by atoms with van der Waals surface area (Å²) < 4.78 is 0. The summed E-state index contributed by atoms with van der Waals surface area (Å²) in [5.74, 6) is 0. The zero-order chi connectivity index (χ0) is 10.3. The van der Waals surface area contributed by atoms with Crippen molar-refractivity contribution in [2.45, 2.75) is 13.8 Å². The topological polar surface area (TPSA) is 38.9 Å². The van der Waals surface area contributed by atoms with Crippen molar-refractivity contribution < 1.29 is 0 Å². The van der Waals surface area contributed by atoms with E-state index in [4.69, 9.17) is 17.3 Å². The van der Waals surface area contributed by atoms with Crippen molar-refractivity contribution in [2.24, 2.45) is 0 Å². The molecule has 14 heavy (non-hydrogen) atoms. The first-order chi connectivity index (χ1) is 6.61. The van der Waals surface area contributed by atoms with E-state index in [1.807, 2.05) is 32.0 Å². The molecule has 0 radical (unpaired) electrons. The summed E-state index contributed by atoms with van der Waals surface area (Å²) in [5.41, 5.74) is 9.24. The van der Waals surface area contributed by atoms with Gasteiger partial charge in [-0.15, -0.1) is 0 Å². The third-order valence-corrected chi connectivity index (χ3v) is 2.94. The maximum Gasteiger partial charge on any atom is 0.0949 e. The molecule has 0 aliphatic heterocycles. The van der Waals surface area contributed by atoms with Crippen LogP contribution in [-0.2, 0) is 0 Å². The first-order valence-corrected chi connectivity index (χ1v) is 4.80. The number of para-hydroxylation sites is 1. The number of aryl methyl sites for hydroxylation is 1. The molecule has 0 fully saturated rings. The van der Waals surface area contributed by atoms with E-state index >= 15 is 0 Å². The van der Waals surface area contributed by atoms with Gasteiger partial charge in [-0.1, -0.05) is 23.7 Å². The molecule has 1 heterocycles. The number of nitrogen functional groups attached to an aromatic ring is 1. The Kier molecular flexibility index (Phi) is 2.08. The fourth-order valence-electron chi connectivity index (χ4n) is 1.48. The van der Waals surface area contributed by atoms with Gasteiger partial charge in [0.15, 0.2) is 0 Å². The minimum absolute atomic E-state index is 0.674. The first kappa shape index (κ1) is 9.28. The molecule has 1 aromatic carbocycles. The highest BCUT2D eigenvalue weighted by molar-refractivity contribution is 6.36. The maximum absolute atomic E-state index is 6.21. The van der Waals surface area contributed by atoms with Crippen LogP contribution in [0.4, 0.5) is 5.69 Å². The largest absolute Gasteiger partial charge is 0.397 e. The molecule has 2 nitrogen and oxygen atoms in total. The number of nitrogens with zero attached hydrogens (tertiary/aromatic N) is 1. The second-order valence-corrected chi connectivity index (χ2v) is 3.76. The Labute approximate surface area is 87.7 Å². The molecule has 0 saturated carbocycles. The van der Waals surface area contributed by atoms with Crippen molar-refractivity contribution in [1.82, 2.24) is 4.98 Å². The molecular formula is C11H11ClN2. The number of nitrogens with two attached hydrogens (primary N) is 1. The third kappa shape index (κ3) is 1.23. The van der Waals surface area contributed by atoms with E-state index in [1.54, 1.807) is 0 Å². The van der Waals surface area contributed by atoms with Crippen LogP contribution in [0.3, 0.4) is 0 Å². The van der Waals surface area contributed by atoms with Gasteiger partial charge < -0.3 is 5.73 Å². The highest BCUT2D eigenvalue weighted by Crippen LogP contribution is 2.29. The van der Waals surface area contributed by atoms with Crippen molar-refractivity contribution >= 4 is 28.2 Å². The lowest BCUT2D eigenvalue weighted by molar-refractivity contribution is 1.20. The third-order valence-electron chi connectivity index (χ3n) is 2.46. The number of aromatic nitrogens is 1. The highest BCUT2D eigenvalue weighted by Gasteiger charge is 2.08. The van der Waals surface area contributed by atoms with Crippen LogP contribution in [0.5, 0.6) is 0 Å². The van der Waals surface area contributed by atoms with Gasteiger partial charge in [0.1, 0.15) is 0 Å². The first-order valence-electron chi connectivity index (χ1n) is 4.42. The Hall–Kier alpha value is -1.28. The minimum Gasteiger partial charge on any atom is -0.397 e. The lowest BCUT2D eigenvalue weighted by Crippen LogP contribution is -1.94. The number of hydrogen-bond donors (Lipinski definition) is 1. The number of hydrogen-bond acceptors (Lipinski definition) is 2. The number of fused-ring (bicyclic) bond motifs is 1. The minimum atomic E-state index is 0.674. The Bertz CT molecular complexity index is 506. The van der Waals surface area contributed by atoms with Gasteiger partial charge >= 0.3 is 0 Å². The predicted octanol–water partition coefficient (Wildman–Crippen LogP) is 3.09. The smallest absolute Gasteiger partial charge is 0.0949 e. The molecule has 0 aliphatic rings. The van der Waals surface area contributed by atoms with Crippen LogP contribution in [0.1, 0.15) is 11.3 Å². The molecule has 2 rings (SSSR count). The fraction of sp³-hybridized carbons (Fsp3) is 0.182. The molecule has 0 amide bonds. The SMILES string of the molecule is Cc1nc2c(N)cccc2c(Cl)c1C. The molecule has 72 valence electrons. The monoisotopic (exact) mass is 206 g/mol. The molecule has 0 bridgehead atoms. The second kappa shape index (κ2) is 3.14. The lowest BCUT2D eigenvalue weighted by atomic mass is 10.1. The van der Waals surface area contributed by atoms with Gasteiger partial charge in [0.2, 0.25) is 0 Å². The Morgan fingerprint density at radius 1 is 1.29 bits per heavy atom. The molecular weight excluding hydrogens is 196 g/mol. The molecule has 0 saturated heterocycles. The van der Waals surface area contributed by atoms with Gasteiger partial charge in [-0.3, -0.25) is 4.98 Å². The van der Waals surface area contributed by atoms with Gasteiger partial charge in [-0.2, -0.15) is 0 Å². The average Bonchev–Trinajstić information content (AvgIpc) is 2.17. The van der Waals surface area contributed by atoms with Crippen LogP contribution in [0.2, 0.25) is 5.02 Å². The molecule has 0 unspecified atom stereocenters. The standard InChI is InChI=1S/C11H11ClN2/c1-6-7(2)14-11-8(10(6)12)4-3-5-9(11)13/h3-5H,13H2,1-2H3.